The molecule has 0 aromatic heterocycles. The van der Waals surface area contributed by atoms with Gasteiger partial charge in [-0.2, -0.15) is 11.8 Å². The molecule has 0 saturated carbocycles. The first-order valence-electron chi connectivity index (χ1n) is 7.36. The van der Waals surface area contributed by atoms with Gasteiger partial charge in [0.2, 0.25) is 5.91 Å². The highest BCUT2D eigenvalue weighted by molar-refractivity contribution is 7.98. The standard InChI is InChI=1S/C16H24N2O2S/c1-12-3-5-13(6-4-12)11-21-8-7-17-16(19)15-9-14(20-2)10-18-15/h3-6,14-15,18H,7-11H2,1-2H3,(H,17,19)/t14-,15+/m0/s1. The van der Waals surface area contributed by atoms with Crippen molar-refractivity contribution in [3.63, 3.8) is 0 Å². The van der Waals surface area contributed by atoms with Crippen LogP contribution >= 0.6 is 11.8 Å². The number of carbonyl (C=O) groups excluding carboxylic acids is 1. The molecule has 0 radical (unpaired) electrons. The minimum absolute atomic E-state index is 0.0884. The topological polar surface area (TPSA) is 50.4 Å². The third-order valence-electron chi connectivity index (χ3n) is 3.68. The smallest absolute Gasteiger partial charge is 0.237 e. The van der Waals surface area contributed by atoms with E-state index in [1.807, 2.05) is 11.8 Å². The van der Waals surface area contributed by atoms with E-state index >= 15 is 0 Å². The van der Waals surface area contributed by atoms with Gasteiger partial charge in [0.25, 0.3) is 0 Å². The van der Waals surface area contributed by atoms with Gasteiger partial charge in [-0.3, -0.25) is 4.79 Å². The number of thioether (sulfide) groups is 1. The molecule has 1 fully saturated rings. The molecule has 1 aliphatic rings. The number of ether oxygens (including phenoxy) is 1. The van der Waals surface area contributed by atoms with E-state index in [-0.39, 0.29) is 18.1 Å². The largest absolute Gasteiger partial charge is 0.380 e. The van der Waals surface area contributed by atoms with Gasteiger partial charge in [-0.05, 0) is 18.9 Å². The van der Waals surface area contributed by atoms with Crippen LogP contribution in [0, 0.1) is 6.92 Å². The Kier molecular flexibility index (Phi) is 6.54. The van der Waals surface area contributed by atoms with E-state index in [1.165, 1.54) is 11.1 Å². The normalized spacial score (nSPS) is 21.4. The summed E-state index contributed by atoms with van der Waals surface area (Å²) in [4.78, 5) is 11.9. The average molecular weight is 308 g/mol. The molecule has 1 aromatic carbocycles. The number of amides is 1. The van der Waals surface area contributed by atoms with E-state index in [9.17, 15) is 4.79 Å². The Bertz CT molecular complexity index is 450. The summed E-state index contributed by atoms with van der Waals surface area (Å²) in [6.07, 6.45) is 0.926. The number of benzene rings is 1. The third kappa shape index (κ3) is 5.34. The van der Waals surface area contributed by atoms with Gasteiger partial charge in [-0.15, -0.1) is 0 Å². The van der Waals surface area contributed by atoms with Crippen molar-refractivity contribution in [3.05, 3.63) is 35.4 Å². The summed E-state index contributed by atoms with van der Waals surface area (Å²) in [7, 11) is 1.69. The van der Waals surface area contributed by atoms with Gasteiger partial charge in [0, 0.05) is 31.7 Å². The fraction of sp³-hybridized carbons (Fsp3) is 0.562. The lowest BCUT2D eigenvalue weighted by molar-refractivity contribution is -0.122. The van der Waals surface area contributed by atoms with Crippen LogP contribution in [0.25, 0.3) is 0 Å². The fourth-order valence-electron chi connectivity index (χ4n) is 2.33. The first kappa shape index (κ1) is 16.3. The van der Waals surface area contributed by atoms with Crippen molar-refractivity contribution < 1.29 is 9.53 Å². The van der Waals surface area contributed by atoms with Crippen LogP contribution in [-0.2, 0) is 15.3 Å². The fourth-order valence-corrected chi connectivity index (χ4v) is 3.15. The Hall–Kier alpha value is -1.04. The second-order valence-electron chi connectivity index (χ2n) is 5.38. The number of aryl methyl sites for hydroxylation is 1. The predicted octanol–water partition coefficient (Wildman–Crippen LogP) is 1.72. The zero-order chi connectivity index (χ0) is 15.1. The van der Waals surface area contributed by atoms with Gasteiger partial charge < -0.3 is 15.4 Å². The van der Waals surface area contributed by atoms with E-state index in [4.69, 9.17) is 4.74 Å². The number of methoxy groups -OCH3 is 1. The van der Waals surface area contributed by atoms with Crippen LogP contribution in [0.15, 0.2) is 24.3 Å². The molecule has 21 heavy (non-hydrogen) atoms. The molecule has 1 heterocycles. The Morgan fingerprint density at radius 2 is 2.19 bits per heavy atom. The molecule has 0 bridgehead atoms. The van der Waals surface area contributed by atoms with Gasteiger partial charge in [-0.1, -0.05) is 29.8 Å². The van der Waals surface area contributed by atoms with Crippen molar-refractivity contribution in [1.82, 2.24) is 10.6 Å². The maximum absolute atomic E-state index is 11.9. The van der Waals surface area contributed by atoms with E-state index in [0.29, 0.717) is 6.54 Å². The summed E-state index contributed by atoms with van der Waals surface area (Å²) in [6.45, 7) is 3.57. The molecule has 116 valence electrons. The maximum atomic E-state index is 11.9. The van der Waals surface area contributed by atoms with Crippen molar-refractivity contribution in [3.8, 4) is 0 Å². The zero-order valence-electron chi connectivity index (χ0n) is 12.7. The van der Waals surface area contributed by atoms with Gasteiger partial charge in [0.15, 0.2) is 0 Å². The Balaban J connectivity index is 1.57. The lowest BCUT2D eigenvalue weighted by Crippen LogP contribution is -2.41. The average Bonchev–Trinajstić information content (AvgIpc) is 2.98. The second kappa shape index (κ2) is 8.41. The Morgan fingerprint density at radius 3 is 2.86 bits per heavy atom. The Morgan fingerprint density at radius 1 is 1.43 bits per heavy atom. The van der Waals surface area contributed by atoms with Gasteiger partial charge >= 0.3 is 0 Å². The molecule has 1 saturated heterocycles. The number of nitrogens with one attached hydrogen (secondary N) is 2. The van der Waals surface area contributed by atoms with Crippen LogP contribution in [0.1, 0.15) is 17.5 Å². The van der Waals surface area contributed by atoms with Crippen LogP contribution in [0.4, 0.5) is 0 Å². The Labute approximate surface area is 131 Å². The molecule has 2 N–H and O–H groups in total. The maximum Gasteiger partial charge on any atom is 0.237 e. The molecule has 0 spiro atoms. The molecule has 1 amide bonds. The van der Waals surface area contributed by atoms with Crippen molar-refractivity contribution in [2.75, 3.05) is 26.0 Å². The molecular formula is C16H24N2O2S. The predicted molar refractivity (Wildman–Crippen MR) is 87.6 cm³/mol. The van der Waals surface area contributed by atoms with E-state index in [0.717, 1.165) is 24.5 Å². The summed E-state index contributed by atoms with van der Waals surface area (Å²) in [5, 5.41) is 6.17. The van der Waals surface area contributed by atoms with Crippen LogP contribution in [0.5, 0.6) is 0 Å². The van der Waals surface area contributed by atoms with Gasteiger partial charge in [-0.25, -0.2) is 0 Å². The molecule has 5 heteroatoms. The quantitative estimate of drug-likeness (QED) is 0.753. The highest BCUT2D eigenvalue weighted by Gasteiger charge is 2.28. The van der Waals surface area contributed by atoms with Crippen molar-refractivity contribution in [2.24, 2.45) is 0 Å². The first-order valence-corrected chi connectivity index (χ1v) is 8.51. The highest BCUT2D eigenvalue weighted by Crippen LogP contribution is 2.13. The van der Waals surface area contributed by atoms with Gasteiger partial charge in [0.1, 0.15) is 0 Å². The zero-order valence-corrected chi connectivity index (χ0v) is 13.5. The monoisotopic (exact) mass is 308 g/mol. The third-order valence-corrected chi connectivity index (χ3v) is 4.71. The SMILES string of the molecule is CO[C@@H]1CN[C@@H](C(=O)NCCSCc2ccc(C)cc2)C1. The molecule has 0 aliphatic carbocycles. The van der Waals surface area contributed by atoms with Crippen molar-refractivity contribution in [2.45, 2.75) is 31.2 Å². The molecule has 1 aliphatic heterocycles. The number of rotatable bonds is 7. The summed E-state index contributed by atoms with van der Waals surface area (Å²) < 4.78 is 5.25. The van der Waals surface area contributed by atoms with Crippen LogP contribution in [0.3, 0.4) is 0 Å². The molecule has 2 rings (SSSR count). The number of carbonyl (C=O) groups is 1. The molecular weight excluding hydrogens is 284 g/mol. The second-order valence-corrected chi connectivity index (χ2v) is 6.49. The van der Waals surface area contributed by atoms with Crippen LogP contribution in [0.2, 0.25) is 0 Å². The lowest BCUT2D eigenvalue weighted by atomic mass is 10.2. The number of hydrogen-bond donors (Lipinski definition) is 2. The van der Waals surface area contributed by atoms with Crippen LogP contribution in [-0.4, -0.2) is 44.0 Å². The van der Waals surface area contributed by atoms with E-state index in [1.54, 1.807) is 7.11 Å². The molecule has 0 unspecified atom stereocenters. The summed E-state index contributed by atoms with van der Waals surface area (Å²) in [5.41, 5.74) is 2.62. The molecule has 2 atom stereocenters. The summed E-state index contributed by atoms with van der Waals surface area (Å²) in [5.74, 6) is 2.01. The minimum atomic E-state index is -0.1000. The minimum Gasteiger partial charge on any atom is -0.380 e. The highest BCUT2D eigenvalue weighted by atomic mass is 32.2. The van der Waals surface area contributed by atoms with Crippen LogP contribution < -0.4 is 10.6 Å². The molecule has 1 aromatic rings. The molecule has 4 nitrogen and oxygen atoms in total. The van der Waals surface area contributed by atoms with Gasteiger partial charge in [0.05, 0.1) is 12.1 Å². The lowest BCUT2D eigenvalue weighted by Gasteiger charge is -2.11. The van der Waals surface area contributed by atoms with E-state index in [2.05, 4.69) is 41.8 Å². The summed E-state index contributed by atoms with van der Waals surface area (Å²) >= 11 is 1.84. The summed E-state index contributed by atoms with van der Waals surface area (Å²) in [6, 6.07) is 8.49. The van der Waals surface area contributed by atoms with Crippen molar-refractivity contribution >= 4 is 17.7 Å². The first-order chi connectivity index (χ1) is 10.2. The number of hydrogen-bond acceptors (Lipinski definition) is 4. The van der Waals surface area contributed by atoms with Crippen molar-refractivity contribution in [1.29, 1.82) is 0 Å². The van der Waals surface area contributed by atoms with E-state index < -0.39 is 0 Å².